The number of aromatic nitrogens is 2. The van der Waals surface area contributed by atoms with E-state index in [9.17, 15) is 0 Å². The van der Waals surface area contributed by atoms with E-state index in [0.29, 0.717) is 0 Å². The number of halogens is 2. The highest BCUT2D eigenvalue weighted by Gasteiger charge is 2.07. The largest absolute Gasteiger partial charge is 0.253 e. The molecule has 90 valence electrons. The summed E-state index contributed by atoms with van der Waals surface area (Å²) in [6, 6.07) is -1.52. The average molecular weight is 376 g/mol. The van der Waals surface area contributed by atoms with Crippen LogP contribution in [0.3, 0.4) is 0 Å². The SMILES string of the molecule is [2H]c1c(C([2H])([2H])[2H])nc2c([2H])c3nc(C([2H])([2H])[2H])c([2H])c(Br)c3c([2H])c2c1Br. The first-order chi connectivity index (χ1) is 12.7. The fraction of sp³-hybridized carbons (Fsp3) is 0.143. The van der Waals surface area contributed by atoms with Crippen LogP contribution < -0.4 is 0 Å². The van der Waals surface area contributed by atoms with Crippen molar-refractivity contribution in [2.45, 2.75) is 13.7 Å². The minimum Gasteiger partial charge on any atom is -0.253 e. The van der Waals surface area contributed by atoms with Gasteiger partial charge >= 0.3 is 0 Å². The summed E-state index contributed by atoms with van der Waals surface area (Å²) >= 11 is 6.26. The van der Waals surface area contributed by atoms with E-state index in [1.807, 2.05) is 0 Å². The van der Waals surface area contributed by atoms with Crippen LogP contribution in [0, 0.1) is 13.7 Å². The Morgan fingerprint density at radius 3 is 1.83 bits per heavy atom. The van der Waals surface area contributed by atoms with E-state index in [-0.39, 0.29) is 36.8 Å². The van der Waals surface area contributed by atoms with Crippen molar-refractivity contribution in [3.8, 4) is 0 Å². The van der Waals surface area contributed by atoms with Crippen LogP contribution >= 0.6 is 31.9 Å². The smallest absolute Gasteiger partial charge is 0.0738 e. The molecule has 3 aromatic rings. The van der Waals surface area contributed by atoms with Gasteiger partial charge in [-0.1, -0.05) is 31.9 Å². The Kier molecular flexibility index (Phi) is 1.23. The van der Waals surface area contributed by atoms with E-state index < -0.39 is 43.2 Å². The topological polar surface area (TPSA) is 25.8 Å². The Morgan fingerprint density at radius 2 is 1.39 bits per heavy atom. The second-order valence-corrected chi connectivity index (χ2v) is 5.08. The predicted molar refractivity (Wildman–Crippen MR) is 81.9 cm³/mol. The molecule has 3 rings (SSSR count). The first-order valence-corrected chi connectivity index (χ1v) is 6.36. The zero-order valence-electron chi connectivity index (χ0n) is 18.7. The van der Waals surface area contributed by atoms with E-state index in [1.165, 1.54) is 0 Å². The summed E-state index contributed by atoms with van der Waals surface area (Å²) in [6.07, 6.45) is 0. The number of nitrogens with zero attached hydrogens (tertiary/aromatic N) is 2. The fourth-order valence-electron chi connectivity index (χ4n) is 1.58. The van der Waals surface area contributed by atoms with Crippen LogP contribution in [0.25, 0.3) is 21.8 Å². The molecule has 0 aliphatic carbocycles. The van der Waals surface area contributed by atoms with E-state index in [1.54, 1.807) is 0 Å². The van der Waals surface area contributed by atoms with Crippen molar-refractivity contribution in [1.82, 2.24) is 9.97 Å². The van der Waals surface area contributed by atoms with Gasteiger partial charge in [0.05, 0.1) is 16.5 Å². The number of benzene rings is 1. The van der Waals surface area contributed by atoms with Gasteiger partial charge in [-0.15, -0.1) is 0 Å². The van der Waals surface area contributed by atoms with Crippen molar-refractivity contribution in [2.75, 3.05) is 0 Å². The highest BCUT2D eigenvalue weighted by molar-refractivity contribution is 9.11. The normalized spacial score (nSPS) is 20.8. The van der Waals surface area contributed by atoms with Gasteiger partial charge in [-0.3, -0.25) is 9.97 Å². The molecule has 1 aromatic carbocycles. The standard InChI is InChI=1S/C14H10Br2N2/c1-7-3-11(15)9-5-10-12(16)4-8(2)18-14(10)6-13(9)17-7/h3-6H,1-2H3/i1D3,2D3,3D,4D,5D,6D. The molecule has 2 heterocycles. The molecule has 0 bridgehead atoms. The van der Waals surface area contributed by atoms with E-state index in [2.05, 4.69) is 41.8 Å². The second kappa shape index (κ2) is 4.28. The van der Waals surface area contributed by atoms with Crippen LogP contribution in [0.4, 0.5) is 0 Å². The lowest BCUT2D eigenvalue weighted by Crippen LogP contribution is -1.89. The first-order valence-electron chi connectivity index (χ1n) is 9.77. The van der Waals surface area contributed by atoms with Gasteiger partial charge < -0.3 is 0 Å². The minimum atomic E-state index is -2.72. The van der Waals surface area contributed by atoms with Crippen LogP contribution in [0.5, 0.6) is 0 Å². The number of hydrogen-bond acceptors (Lipinski definition) is 2. The molecule has 0 aliphatic rings. The molecule has 0 aliphatic heterocycles. The number of aryl methyl sites for hydroxylation is 2. The quantitative estimate of drug-likeness (QED) is 0.521. The fourth-order valence-corrected chi connectivity index (χ4v) is 2.53. The molecule has 0 spiro atoms. The second-order valence-electron chi connectivity index (χ2n) is 3.50. The van der Waals surface area contributed by atoms with E-state index >= 15 is 0 Å². The zero-order chi connectivity index (χ0) is 21.3. The predicted octanol–water partition coefficient (Wildman–Crippen LogP) is 4.92. The third kappa shape index (κ3) is 1.93. The van der Waals surface area contributed by atoms with Crippen molar-refractivity contribution >= 4 is 53.7 Å². The van der Waals surface area contributed by atoms with Crippen molar-refractivity contribution in [1.29, 1.82) is 0 Å². The molecule has 18 heavy (non-hydrogen) atoms. The molecule has 2 nitrogen and oxygen atoms in total. The molecule has 4 heteroatoms. The van der Waals surface area contributed by atoms with Gasteiger partial charge in [-0.2, -0.15) is 0 Å². The van der Waals surface area contributed by atoms with Gasteiger partial charge in [-0.05, 0) is 37.9 Å². The Hall–Kier alpha value is -1.000. The third-order valence-corrected chi connectivity index (χ3v) is 3.49. The maximum atomic E-state index is 8.49. The summed E-state index contributed by atoms with van der Waals surface area (Å²) in [5, 5.41) is 0.0260. The van der Waals surface area contributed by atoms with Gasteiger partial charge in [0.25, 0.3) is 0 Å². The Balaban J connectivity index is 2.63. The molecule has 0 fully saturated rings. The van der Waals surface area contributed by atoms with Crippen molar-refractivity contribution < 1.29 is 13.7 Å². The molecule has 0 N–H and O–H groups in total. The zero-order valence-corrected chi connectivity index (χ0v) is 11.8. The van der Waals surface area contributed by atoms with Crippen molar-refractivity contribution in [2.24, 2.45) is 0 Å². The van der Waals surface area contributed by atoms with E-state index in [4.69, 9.17) is 13.7 Å². The van der Waals surface area contributed by atoms with Gasteiger partial charge in [0.1, 0.15) is 0 Å². The molecular weight excluding hydrogens is 356 g/mol. The summed E-state index contributed by atoms with van der Waals surface area (Å²) in [7, 11) is 0. The lowest BCUT2D eigenvalue weighted by atomic mass is 10.1. The van der Waals surface area contributed by atoms with Gasteiger partial charge in [0.2, 0.25) is 0 Å². The number of hydrogen-bond donors (Lipinski definition) is 0. The highest BCUT2D eigenvalue weighted by atomic mass is 79.9. The molecule has 0 radical (unpaired) electrons. The van der Waals surface area contributed by atoms with Gasteiger partial charge in [-0.25, -0.2) is 0 Å². The van der Waals surface area contributed by atoms with Crippen molar-refractivity contribution in [3.05, 3.63) is 44.5 Å². The van der Waals surface area contributed by atoms with Crippen LogP contribution in [-0.4, -0.2) is 9.97 Å². The van der Waals surface area contributed by atoms with Crippen molar-refractivity contribution in [3.63, 3.8) is 0 Å². The first kappa shape index (κ1) is 5.17. The maximum Gasteiger partial charge on any atom is 0.0738 e. The lowest BCUT2D eigenvalue weighted by Gasteiger charge is -2.07. The molecular formula is C14H10Br2N2. The monoisotopic (exact) mass is 374 g/mol. The van der Waals surface area contributed by atoms with Crippen LogP contribution in [0.15, 0.2) is 33.1 Å². The molecule has 0 atom stereocenters. The Morgan fingerprint density at radius 1 is 0.889 bits per heavy atom. The van der Waals surface area contributed by atoms with E-state index in [0.717, 1.165) is 0 Å². The summed E-state index contributed by atoms with van der Waals surface area (Å²) < 4.78 is 78.3. The van der Waals surface area contributed by atoms with Gasteiger partial charge in [0, 0.05) is 39.3 Å². The summed E-state index contributed by atoms with van der Waals surface area (Å²) in [5.74, 6) is 0. The highest BCUT2D eigenvalue weighted by Crippen LogP contribution is 2.31. The average Bonchev–Trinajstić information content (AvgIpc) is 2.55. The molecule has 0 saturated heterocycles. The summed E-state index contributed by atoms with van der Waals surface area (Å²) in [5.41, 5.74) is -1.49. The van der Waals surface area contributed by atoms with Crippen LogP contribution in [0.2, 0.25) is 0 Å². The molecule has 0 unspecified atom stereocenters. The molecule has 0 saturated carbocycles. The molecule has 2 aromatic heterocycles. The minimum absolute atomic E-state index is 0.0130. The van der Waals surface area contributed by atoms with Crippen LogP contribution in [0.1, 0.15) is 25.1 Å². The summed E-state index contributed by atoms with van der Waals surface area (Å²) in [6.45, 7) is -5.44. The number of pyridine rings is 2. The number of rotatable bonds is 0. The molecule has 0 amide bonds. The Bertz CT molecular complexity index is 1070. The Labute approximate surface area is 136 Å². The lowest BCUT2D eigenvalue weighted by molar-refractivity contribution is 1.23. The number of fused-ring (bicyclic) bond motifs is 2. The van der Waals surface area contributed by atoms with Gasteiger partial charge in [0.15, 0.2) is 0 Å². The summed E-state index contributed by atoms with van der Waals surface area (Å²) in [4.78, 5) is 7.86. The third-order valence-electron chi connectivity index (χ3n) is 2.30. The van der Waals surface area contributed by atoms with Crippen LogP contribution in [-0.2, 0) is 0 Å². The maximum absolute atomic E-state index is 8.49.